The van der Waals surface area contributed by atoms with Gasteiger partial charge in [0.15, 0.2) is 0 Å². The number of carbonyl (C=O) groups excluding carboxylic acids is 1. The topological polar surface area (TPSA) is 87.3 Å². The Kier molecular flexibility index (Phi) is 6.80. The Balaban J connectivity index is 2.72. The molecule has 1 amide bonds. The zero-order valence-corrected chi connectivity index (χ0v) is 13.5. The number of anilines is 1. The first kappa shape index (κ1) is 17.6. The summed E-state index contributed by atoms with van der Waals surface area (Å²) in [6.45, 7) is 4.70. The van der Waals surface area contributed by atoms with Gasteiger partial charge in [-0.05, 0) is 37.7 Å². The molecule has 0 aliphatic rings. The van der Waals surface area contributed by atoms with E-state index < -0.39 is 10.0 Å². The highest BCUT2D eigenvalue weighted by Gasteiger charge is 2.14. The molecule has 0 heterocycles. The van der Waals surface area contributed by atoms with Crippen LogP contribution < -0.4 is 15.4 Å². The van der Waals surface area contributed by atoms with Gasteiger partial charge in [-0.25, -0.2) is 13.1 Å². The average molecular weight is 313 g/mol. The summed E-state index contributed by atoms with van der Waals surface area (Å²) >= 11 is 0. The SMILES string of the molecule is CCCNS(=O)(=O)c1ccc(NC(=O)C(C)CNC)cc1. The lowest BCUT2D eigenvalue weighted by Gasteiger charge is -2.12. The summed E-state index contributed by atoms with van der Waals surface area (Å²) in [5.41, 5.74) is 0.581. The summed E-state index contributed by atoms with van der Waals surface area (Å²) in [4.78, 5) is 12.0. The lowest BCUT2D eigenvalue weighted by molar-refractivity contribution is -0.119. The van der Waals surface area contributed by atoms with Crippen LogP contribution in [0.15, 0.2) is 29.2 Å². The van der Waals surface area contributed by atoms with Crippen molar-refractivity contribution in [3.8, 4) is 0 Å². The van der Waals surface area contributed by atoms with Crippen molar-refractivity contribution in [1.82, 2.24) is 10.0 Å². The highest BCUT2D eigenvalue weighted by molar-refractivity contribution is 7.89. The number of amides is 1. The third kappa shape index (κ3) is 5.45. The number of hydrogen-bond acceptors (Lipinski definition) is 4. The molecule has 0 aromatic heterocycles. The molecular formula is C14H23N3O3S. The van der Waals surface area contributed by atoms with Crippen molar-refractivity contribution in [2.45, 2.75) is 25.2 Å². The first-order valence-corrected chi connectivity index (χ1v) is 8.44. The second-order valence-electron chi connectivity index (χ2n) is 4.87. The fraction of sp³-hybridized carbons (Fsp3) is 0.500. The van der Waals surface area contributed by atoms with Gasteiger partial charge in [-0.1, -0.05) is 13.8 Å². The second-order valence-corrected chi connectivity index (χ2v) is 6.64. The number of benzene rings is 1. The van der Waals surface area contributed by atoms with Gasteiger partial charge in [-0.2, -0.15) is 0 Å². The largest absolute Gasteiger partial charge is 0.326 e. The molecule has 1 aromatic rings. The Hall–Kier alpha value is -1.44. The van der Waals surface area contributed by atoms with E-state index in [4.69, 9.17) is 0 Å². The van der Waals surface area contributed by atoms with Crippen LogP contribution in [0.5, 0.6) is 0 Å². The van der Waals surface area contributed by atoms with Crippen LogP contribution in [-0.2, 0) is 14.8 Å². The van der Waals surface area contributed by atoms with Gasteiger partial charge in [0, 0.05) is 24.7 Å². The molecule has 1 atom stereocenters. The third-order valence-electron chi connectivity index (χ3n) is 2.93. The lowest BCUT2D eigenvalue weighted by Crippen LogP contribution is -2.28. The standard InChI is InChI=1S/C14H23N3O3S/c1-4-9-16-21(19,20)13-7-5-12(6-8-13)17-14(18)11(2)10-15-3/h5-8,11,15-16H,4,9-10H2,1-3H3,(H,17,18). The summed E-state index contributed by atoms with van der Waals surface area (Å²) in [5, 5.41) is 5.69. The van der Waals surface area contributed by atoms with Gasteiger partial charge in [0.05, 0.1) is 4.90 Å². The molecule has 21 heavy (non-hydrogen) atoms. The lowest BCUT2D eigenvalue weighted by atomic mass is 10.1. The predicted octanol–water partition coefficient (Wildman–Crippen LogP) is 1.17. The summed E-state index contributed by atoms with van der Waals surface area (Å²) in [5.74, 6) is -0.270. The minimum Gasteiger partial charge on any atom is -0.326 e. The first-order chi connectivity index (χ1) is 9.90. The van der Waals surface area contributed by atoms with Crippen molar-refractivity contribution in [3.05, 3.63) is 24.3 Å². The molecule has 0 saturated carbocycles. The first-order valence-electron chi connectivity index (χ1n) is 6.96. The molecule has 0 aliphatic heterocycles. The van der Waals surface area contributed by atoms with Crippen molar-refractivity contribution in [3.63, 3.8) is 0 Å². The summed E-state index contributed by atoms with van der Waals surface area (Å²) in [6.07, 6.45) is 0.733. The Morgan fingerprint density at radius 3 is 2.38 bits per heavy atom. The van der Waals surface area contributed by atoms with Gasteiger partial charge in [0.2, 0.25) is 15.9 Å². The minimum absolute atomic E-state index is 0.107. The van der Waals surface area contributed by atoms with Gasteiger partial charge in [-0.15, -0.1) is 0 Å². The molecule has 6 nitrogen and oxygen atoms in total. The van der Waals surface area contributed by atoms with Gasteiger partial charge in [0.1, 0.15) is 0 Å². The summed E-state index contributed by atoms with van der Waals surface area (Å²) in [7, 11) is -1.68. The number of nitrogens with one attached hydrogen (secondary N) is 3. The maximum absolute atomic E-state index is 11.9. The zero-order chi connectivity index (χ0) is 15.9. The molecule has 118 valence electrons. The normalized spacial score (nSPS) is 12.9. The van der Waals surface area contributed by atoms with Crippen LogP contribution >= 0.6 is 0 Å². The van der Waals surface area contributed by atoms with E-state index in [1.54, 1.807) is 19.2 Å². The van der Waals surface area contributed by atoms with Gasteiger partial charge in [-0.3, -0.25) is 4.79 Å². The molecule has 0 spiro atoms. The van der Waals surface area contributed by atoms with E-state index in [9.17, 15) is 13.2 Å². The van der Waals surface area contributed by atoms with Crippen LogP contribution in [0, 0.1) is 5.92 Å². The van der Waals surface area contributed by atoms with Crippen LogP contribution in [0.3, 0.4) is 0 Å². The quantitative estimate of drug-likeness (QED) is 0.672. The van der Waals surface area contributed by atoms with E-state index in [1.165, 1.54) is 12.1 Å². The van der Waals surface area contributed by atoms with Crippen LogP contribution in [0.4, 0.5) is 5.69 Å². The maximum atomic E-state index is 11.9. The fourth-order valence-corrected chi connectivity index (χ4v) is 2.84. The Labute approximate surface area is 126 Å². The van der Waals surface area contributed by atoms with Crippen LogP contribution in [0.25, 0.3) is 0 Å². The second kappa shape index (κ2) is 8.11. The van der Waals surface area contributed by atoms with Gasteiger partial charge < -0.3 is 10.6 Å². The van der Waals surface area contributed by atoms with E-state index in [2.05, 4.69) is 15.4 Å². The van der Waals surface area contributed by atoms with Crippen molar-refractivity contribution in [2.75, 3.05) is 25.5 Å². The van der Waals surface area contributed by atoms with Crippen molar-refractivity contribution >= 4 is 21.6 Å². The molecule has 7 heteroatoms. The molecule has 0 fully saturated rings. The van der Waals surface area contributed by atoms with E-state index in [-0.39, 0.29) is 16.7 Å². The monoisotopic (exact) mass is 313 g/mol. The minimum atomic E-state index is -3.47. The molecule has 0 radical (unpaired) electrons. The Morgan fingerprint density at radius 2 is 1.86 bits per heavy atom. The van der Waals surface area contributed by atoms with E-state index in [1.807, 2.05) is 13.8 Å². The molecular weight excluding hydrogens is 290 g/mol. The van der Waals surface area contributed by atoms with Crippen LogP contribution in [0.1, 0.15) is 20.3 Å². The summed E-state index contributed by atoms with van der Waals surface area (Å²) in [6, 6.07) is 6.14. The smallest absolute Gasteiger partial charge is 0.240 e. The van der Waals surface area contributed by atoms with Gasteiger partial charge in [0.25, 0.3) is 0 Å². The number of rotatable bonds is 8. The van der Waals surface area contributed by atoms with Crippen molar-refractivity contribution in [2.24, 2.45) is 5.92 Å². The van der Waals surface area contributed by atoms with Gasteiger partial charge >= 0.3 is 0 Å². The highest BCUT2D eigenvalue weighted by atomic mass is 32.2. The molecule has 1 unspecified atom stereocenters. The van der Waals surface area contributed by atoms with E-state index in [0.717, 1.165) is 6.42 Å². The average Bonchev–Trinajstić information content (AvgIpc) is 2.46. The zero-order valence-electron chi connectivity index (χ0n) is 12.6. The fourth-order valence-electron chi connectivity index (χ4n) is 1.70. The maximum Gasteiger partial charge on any atom is 0.240 e. The number of carbonyl (C=O) groups is 1. The molecule has 1 aromatic carbocycles. The summed E-state index contributed by atoms with van der Waals surface area (Å²) < 4.78 is 26.3. The number of hydrogen-bond donors (Lipinski definition) is 3. The van der Waals surface area contributed by atoms with Crippen LogP contribution in [0.2, 0.25) is 0 Å². The Bertz CT molecular complexity index is 555. The molecule has 0 bridgehead atoms. The van der Waals surface area contributed by atoms with Crippen molar-refractivity contribution in [1.29, 1.82) is 0 Å². The van der Waals surface area contributed by atoms with Crippen LogP contribution in [-0.4, -0.2) is 34.5 Å². The highest BCUT2D eigenvalue weighted by Crippen LogP contribution is 2.14. The van der Waals surface area contributed by atoms with E-state index >= 15 is 0 Å². The Morgan fingerprint density at radius 1 is 1.24 bits per heavy atom. The molecule has 3 N–H and O–H groups in total. The molecule has 1 rings (SSSR count). The molecule has 0 aliphatic carbocycles. The molecule has 0 saturated heterocycles. The predicted molar refractivity (Wildman–Crippen MR) is 83.6 cm³/mol. The van der Waals surface area contributed by atoms with Crippen molar-refractivity contribution < 1.29 is 13.2 Å². The third-order valence-corrected chi connectivity index (χ3v) is 4.41. The van der Waals surface area contributed by atoms with E-state index in [0.29, 0.717) is 18.8 Å². The number of sulfonamides is 1.